The smallest absolute Gasteiger partial charge is 0.169 e. The molecule has 66 heavy (non-hydrogen) atoms. The molecule has 2 spiro atoms. The van der Waals surface area contributed by atoms with Crippen LogP contribution >= 0.6 is 0 Å². The number of fused-ring (bicyclic) bond motifs is 7. The van der Waals surface area contributed by atoms with E-state index in [1.54, 1.807) is 18.2 Å². The molecule has 1 aromatic heterocycles. The predicted octanol–water partition coefficient (Wildman–Crippen LogP) is 9.56. The van der Waals surface area contributed by atoms with Gasteiger partial charge in [-0.05, 0) is 163 Å². The van der Waals surface area contributed by atoms with Gasteiger partial charge in [-0.15, -0.1) is 0 Å². The van der Waals surface area contributed by atoms with Crippen molar-refractivity contribution >= 4 is 22.9 Å². The highest BCUT2D eigenvalue weighted by Crippen LogP contribution is 2.78. The molecule has 4 saturated carbocycles. The second-order valence-corrected chi connectivity index (χ2v) is 21.0. The summed E-state index contributed by atoms with van der Waals surface area (Å²) < 4.78 is 0. The highest BCUT2D eigenvalue weighted by molar-refractivity contribution is 6.03. The Morgan fingerprint density at radius 1 is 0.803 bits per heavy atom. The van der Waals surface area contributed by atoms with E-state index in [9.17, 15) is 35.7 Å². The summed E-state index contributed by atoms with van der Waals surface area (Å²) in [5.74, 6) is 0.0342. The molecule has 12 rings (SSSR count). The third-order valence-electron chi connectivity index (χ3n) is 18.7. The summed E-state index contributed by atoms with van der Waals surface area (Å²) in [6.45, 7) is 0.111. The highest BCUT2D eigenvalue weighted by Gasteiger charge is 2.77. The number of phenolic OH excluding ortho intramolecular Hbond substituents is 5. The average molecular weight is 888 g/mol. The van der Waals surface area contributed by atoms with Crippen LogP contribution in [0, 0.1) is 34.5 Å². The van der Waals surface area contributed by atoms with Gasteiger partial charge in [0.05, 0.1) is 23.9 Å². The Hall–Kier alpha value is -5.55. The van der Waals surface area contributed by atoms with Gasteiger partial charge in [0.25, 0.3) is 0 Å². The molecule has 7 aliphatic rings. The maximum absolute atomic E-state index is 12.6. The first-order valence-corrected chi connectivity index (χ1v) is 24.5. The number of allylic oxidation sites excluding steroid dienone is 1. The third-order valence-corrected chi connectivity index (χ3v) is 18.7. The first-order valence-electron chi connectivity index (χ1n) is 24.5. The van der Waals surface area contributed by atoms with E-state index in [1.165, 1.54) is 84.7 Å². The summed E-state index contributed by atoms with van der Waals surface area (Å²) in [4.78, 5) is 8.53. The Bertz CT molecular complexity index is 2850. The highest BCUT2D eigenvalue weighted by atomic mass is 16.3. The fourth-order valence-electron chi connectivity index (χ4n) is 16.4. The average Bonchev–Trinajstić information content (AvgIpc) is 4.11. The molecule has 9 N–H and O–H groups in total. The second kappa shape index (κ2) is 15.5. The van der Waals surface area contributed by atoms with Crippen LogP contribution in [0.4, 0.5) is 0 Å². The number of aliphatic hydroxyl groups is 2. The topological polar surface area (TPSA) is 182 Å². The van der Waals surface area contributed by atoms with Crippen LogP contribution in [0.2, 0.25) is 0 Å². The molecule has 4 fully saturated rings. The maximum Gasteiger partial charge on any atom is 0.169 e. The van der Waals surface area contributed by atoms with E-state index >= 15 is 0 Å². The quantitative estimate of drug-likeness (QED) is 0.0416. The Kier molecular flexibility index (Phi) is 9.83. The van der Waals surface area contributed by atoms with Crippen LogP contribution in [-0.4, -0.2) is 64.5 Å². The Morgan fingerprint density at radius 3 is 2.52 bits per heavy atom. The number of nitrogens with one attached hydrogen (secondary N) is 2. The minimum atomic E-state index is -0.554. The maximum atomic E-state index is 12.6. The minimum absolute atomic E-state index is 0.0213. The Morgan fingerprint density at radius 2 is 1.68 bits per heavy atom. The molecule has 2 heterocycles. The summed E-state index contributed by atoms with van der Waals surface area (Å²) in [5, 5.41) is 82.5. The number of aliphatic hydroxyl groups excluding tert-OH is 2. The number of hydrogen-bond donors (Lipinski definition) is 9. The minimum Gasteiger partial charge on any atom is -0.507 e. The molecule has 0 saturated heterocycles. The fourth-order valence-corrected chi connectivity index (χ4v) is 16.4. The van der Waals surface area contributed by atoms with E-state index in [-0.39, 0.29) is 80.9 Å². The van der Waals surface area contributed by atoms with Gasteiger partial charge in [0.15, 0.2) is 23.0 Å². The van der Waals surface area contributed by atoms with E-state index in [0.717, 1.165) is 37.7 Å². The Labute approximate surface area is 385 Å². The molecule has 0 amide bonds. The van der Waals surface area contributed by atoms with Crippen molar-refractivity contribution in [1.29, 1.82) is 0 Å². The molecule has 10 heteroatoms. The van der Waals surface area contributed by atoms with Crippen molar-refractivity contribution in [3.63, 3.8) is 0 Å². The number of aromatic nitrogens is 2. The third kappa shape index (κ3) is 5.80. The van der Waals surface area contributed by atoms with E-state index in [4.69, 9.17) is 4.98 Å². The summed E-state index contributed by atoms with van der Waals surface area (Å²) in [6, 6.07) is 16.4. The summed E-state index contributed by atoms with van der Waals surface area (Å²) in [5.41, 5.74) is 9.19. The van der Waals surface area contributed by atoms with Gasteiger partial charge < -0.3 is 46.0 Å². The van der Waals surface area contributed by atoms with Gasteiger partial charge in [-0.1, -0.05) is 79.1 Å². The van der Waals surface area contributed by atoms with Crippen molar-refractivity contribution in [2.75, 3.05) is 6.61 Å². The lowest BCUT2D eigenvalue weighted by molar-refractivity contribution is -0.191. The molecule has 10 unspecified atom stereocenters. The van der Waals surface area contributed by atoms with Crippen LogP contribution in [0.1, 0.15) is 116 Å². The molecular weight excluding hydrogens is 827 g/mol. The lowest BCUT2D eigenvalue weighted by Gasteiger charge is -2.73. The summed E-state index contributed by atoms with van der Waals surface area (Å²) in [6.07, 6.45) is 25.5. The molecular formula is C56H61N3O7. The molecule has 10 nitrogen and oxygen atoms in total. The van der Waals surface area contributed by atoms with Gasteiger partial charge >= 0.3 is 0 Å². The lowest BCUT2D eigenvalue weighted by atomic mass is 9.32. The van der Waals surface area contributed by atoms with Crippen LogP contribution in [0.5, 0.6) is 28.7 Å². The SMILES string of the molecule is OCCC1=C2CCc3cc(CCc4c(O)c(O)c5c(O)cccc5c4C=Cc4ccc(O)c(O)c4)ccc3C2NC2C1CC1CCCC13CCC14CCCC1C=CC(O)C4C23c1cnc[nH]1. The molecule has 1 aliphatic heterocycles. The second-order valence-electron chi connectivity index (χ2n) is 21.0. The number of nitrogens with zero attached hydrogens (tertiary/aromatic N) is 1. The zero-order valence-corrected chi connectivity index (χ0v) is 37.4. The van der Waals surface area contributed by atoms with Gasteiger partial charge in [0, 0.05) is 41.4 Å². The molecule has 0 radical (unpaired) electrons. The Balaban J connectivity index is 0.934. The van der Waals surface area contributed by atoms with Crippen LogP contribution in [0.25, 0.3) is 22.9 Å². The number of rotatable bonds is 8. The van der Waals surface area contributed by atoms with Gasteiger partial charge in [-0.25, -0.2) is 4.98 Å². The van der Waals surface area contributed by atoms with Gasteiger partial charge in [-0.3, -0.25) is 0 Å². The van der Waals surface area contributed by atoms with Crippen molar-refractivity contribution < 1.29 is 35.7 Å². The first-order chi connectivity index (χ1) is 32.1. The molecule has 342 valence electrons. The van der Waals surface area contributed by atoms with Crippen molar-refractivity contribution in [3.8, 4) is 28.7 Å². The van der Waals surface area contributed by atoms with E-state index in [2.05, 4.69) is 46.8 Å². The van der Waals surface area contributed by atoms with Gasteiger partial charge in [-0.2, -0.15) is 0 Å². The number of phenols is 5. The summed E-state index contributed by atoms with van der Waals surface area (Å²) >= 11 is 0. The molecule has 6 aliphatic carbocycles. The van der Waals surface area contributed by atoms with Crippen molar-refractivity contribution in [3.05, 3.63) is 129 Å². The number of aromatic amines is 1. The largest absolute Gasteiger partial charge is 0.507 e. The van der Waals surface area contributed by atoms with Crippen LogP contribution in [-0.2, 0) is 24.7 Å². The predicted molar refractivity (Wildman–Crippen MR) is 254 cm³/mol. The van der Waals surface area contributed by atoms with Gasteiger partial charge in [0.2, 0.25) is 0 Å². The van der Waals surface area contributed by atoms with Crippen molar-refractivity contribution in [2.24, 2.45) is 34.5 Å². The number of aromatic hydroxyl groups is 5. The fraction of sp³-hybridized carbons (Fsp3) is 0.446. The number of H-pyrrole nitrogens is 1. The van der Waals surface area contributed by atoms with Crippen molar-refractivity contribution in [1.82, 2.24) is 15.3 Å². The van der Waals surface area contributed by atoms with Crippen LogP contribution in [0.15, 0.2) is 90.4 Å². The first kappa shape index (κ1) is 41.9. The van der Waals surface area contributed by atoms with Crippen molar-refractivity contribution in [2.45, 2.75) is 113 Å². The number of imidazole rings is 1. The molecule has 10 atom stereocenters. The van der Waals surface area contributed by atoms with Gasteiger partial charge in [0.1, 0.15) is 5.75 Å². The standard InChI is InChI=1S/C56H61N3O7/c60-25-20-38-40-17-12-33-26-31(10-16-41-37(15-9-32-11-18-43(61)46(64)27-32)39-6-1-7-44(62)48(39)51(66)50(41)65)8-14-36(33)49(40)59-53-42(38)28-35-5-3-22-55(35)24-23-54-21-2-4-34(54)13-19-45(63)52(54)56(53,55)47-29-57-30-58-47/h1,6-9,11,13-15,18-19,26-27,29-30,34-35,42,45,49,52-53,59-66H,2-5,10,12,16-17,20-25,28H2,(H,57,58). The number of aryl methyl sites for hydroxylation is 2. The molecule has 5 aromatic rings. The zero-order valence-electron chi connectivity index (χ0n) is 37.4. The molecule has 0 bridgehead atoms. The monoisotopic (exact) mass is 887 g/mol. The number of hydrogen-bond acceptors (Lipinski definition) is 9. The van der Waals surface area contributed by atoms with Crippen LogP contribution < -0.4 is 5.32 Å². The summed E-state index contributed by atoms with van der Waals surface area (Å²) in [7, 11) is 0. The zero-order chi connectivity index (χ0) is 45.1. The van der Waals surface area contributed by atoms with E-state index in [1.807, 2.05) is 18.5 Å². The molecule has 4 aromatic carbocycles. The van der Waals surface area contributed by atoms with E-state index < -0.39 is 6.10 Å². The van der Waals surface area contributed by atoms with Crippen LogP contribution in [0.3, 0.4) is 0 Å². The normalized spacial score (nSPS) is 33.0. The van der Waals surface area contributed by atoms with E-state index in [0.29, 0.717) is 53.2 Å². The number of benzene rings is 4. The lowest BCUT2D eigenvalue weighted by Crippen LogP contribution is -2.76.